The predicted molar refractivity (Wildman–Crippen MR) is 55.7 cm³/mol. The van der Waals surface area contributed by atoms with Gasteiger partial charge in [0.05, 0.1) is 17.3 Å². The van der Waals surface area contributed by atoms with Crippen molar-refractivity contribution < 1.29 is 30.3 Å². The summed E-state index contributed by atoms with van der Waals surface area (Å²) in [7, 11) is -4.53. The first-order valence-electron chi connectivity index (χ1n) is 4.87. The lowest BCUT2D eigenvalue weighted by molar-refractivity contribution is -0.152. The molecule has 0 saturated heterocycles. The van der Waals surface area contributed by atoms with E-state index < -0.39 is 27.8 Å². The van der Waals surface area contributed by atoms with Gasteiger partial charge >= 0.3 is 6.18 Å². The molecule has 6 nitrogen and oxygen atoms in total. The van der Waals surface area contributed by atoms with Crippen LogP contribution in [0, 0.1) is 6.92 Å². The first kappa shape index (κ1) is 13.7. The van der Waals surface area contributed by atoms with E-state index in [1.54, 1.807) is 6.92 Å². The fraction of sp³-hybridized carbons (Fsp3) is 0.333. The van der Waals surface area contributed by atoms with Gasteiger partial charge < -0.3 is 4.52 Å². The summed E-state index contributed by atoms with van der Waals surface area (Å²) in [6.07, 6.45) is -3.89. The van der Waals surface area contributed by atoms with Crippen LogP contribution in [-0.4, -0.2) is 31.3 Å². The number of hydrogen-bond acceptors (Lipinski definition) is 6. The molecule has 0 atom stereocenters. The summed E-state index contributed by atoms with van der Waals surface area (Å²) in [5.74, 6) is 0. The second-order valence-electron chi connectivity index (χ2n) is 3.62. The Morgan fingerprint density at radius 2 is 2.11 bits per heavy atom. The van der Waals surface area contributed by atoms with Crippen LogP contribution in [0.3, 0.4) is 0 Å². The number of alkyl halides is 3. The van der Waals surface area contributed by atoms with Crippen molar-refractivity contribution in [2.45, 2.75) is 18.0 Å². The summed E-state index contributed by atoms with van der Waals surface area (Å²) in [5, 5.41) is 3.84. The van der Waals surface area contributed by atoms with Crippen LogP contribution in [0.1, 0.15) is 5.69 Å². The molecule has 0 aliphatic carbocycles. The third kappa shape index (κ3) is 3.01. The standard InChI is InChI=1S/C9H7F3N2O4S/c1-5-7-2-6(3-13-8(7)18-14-5)19(15,16)17-4-9(10,11)12/h2-3H,4H2,1H3. The number of aryl methyl sites for hydroxylation is 1. The molecule has 0 aliphatic heterocycles. The summed E-state index contributed by atoms with van der Waals surface area (Å²) >= 11 is 0. The van der Waals surface area contributed by atoms with Crippen molar-refractivity contribution in [3.63, 3.8) is 0 Å². The monoisotopic (exact) mass is 296 g/mol. The second-order valence-corrected chi connectivity index (χ2v) is 5.24. The van der Waals surface area contributed by atoms with E-state index >= 15 is 0 Å². The lowest BCUT2D eigenvalue weighted by atomic mass is 10.3. The summed E-state index contributed by atoms with van der Waals surface area (Å²) in [6.45, 7) is -0.351. The minimum absolute atomic E-state index is 0.0901. The van der Waals surface area contributed by atoms with Crippen molar-refractivity contribution in [2.75, 3.05) is 6.61 Å². The highest BCUT2D eigenvalue weighted by atomic mass is 32.2. The van der Waals surface area contributed by atoms with Gasteiger partial charge in [-0.3, -0.25) is 4.18 Å². The van der Waals surface area contributed by atoms with Crippen LogP contribution in [0.4, 0.5) is 13.2 Å². The Hall–Kier alpha value is -1.68. The van der Waals surface area contributed by atoms with Gasteiger partial charge in [-0.25, -0.2) is 4.98 Å². The van der Waals surface area contributed by atoms with Crippen molar-refractivity contribution in [1.29, 1.82) is 0 Å². The summed E-state index contributed by atoms with van der Waals surface area (Å²) in [4.78, 5) is 3.15. The fourth-order valence-corrected chi connectivity index (χ4v) is 2.14. The number of rotatable bonds is 3. The molecule has 19 heavy (non-hydrogen) atoms. The van der Waals surface area contributed by atoms with Crippen molar-refractivity contribution in [3.8, 4) is 0 Å². The third-order valence-electron chi connectivity index (χ3n) is 2.15. The zero-order valence-corrected chi connectivity index (χ0v) is 10.2. The third-order valence-corrected chi connectivity index (χ3v) is 3.38. The normalized spacial score (nSPS) is 13.1. The zero-order chi connectivity index (χ0) is 14.3. The molecule has 2 aromatic rings. The van der Waals surface area contributed by atoms with E-state index in [0.717, 1.165) is 12.3 Å². The molecule has 2 rings (SSSR count). The van der Waals surface area contributed by atoms with Crippen LogP contribution < -0.4 is 0 Å². The molecular formula is C9H7F3N2O4S. The predicted octanol–water partition coefficient (Wildman–Crippen LogP) is 1.80. The van der Waals surface area contributed by atoms with Crippen molar-refractivity contribution >= 4 is 21.2 Å². The molecule has 2 aromatic heterocycles. The van der Waals surface area contributed by atoms with Crippen LogP contribution in [0.25, 0.3) is 11.1 Å². The SMILES string of the molecule is Cc1noc2ncc(S(=O)(=O)OCC(F)(F)F)cc12. The number of nitrogens with zero attached hydrogens (tertiary/aromatic N) is 2. The lowest BCUT2D eigenvalue weighted by Crippen LogP contribution is -2.20. The Balaban J connectivity index is 2.35. The van der Waals surface area contributed by atoms with Crippen LogP contribution >= 0.6 is 0 Å². The number of aromatic nitrogens is 2. The van der Waals surface area contributed by atoms with Crippen molar-refractivity contribution in [2.24, 2.45) is 0 Å². The van der Waals surface area contributed by atoms with E-state index in [0.29, 0.717) is 5.69 Å². The highest BCUT2D eigenvalue weighted by molar-refractivity contribution is 7.86. The first-order chi connectivity index (χ1) is 8.69. The molecule has 0 saturated carbocycles. The van der Waals surface area contributed by atoms with Crippen LogP contribution in [0.2, 0.25) is 0 Å². The second kappa shape index (κ2) is 4.46. The maximum Gasteiger partial charge on any atom is 0.413 e. The molecule has 0 amide bonds. The van der Waals surface area contributed by atoms with Gasteiger partial charge in [0.15, 0.2) is 6.61 Å². The van der Waals surface area contributed by atoms with Gasteiger partial charge in [0.1, 0.15) is 4.90 Å². The first-order valence-corrected chi connectivity index (χ1v) is 6.28. The molecule has 0 radical (unpaired) electrons. The Morgan fingerprint density at radius 3 is 2.74 bits per heavy atom. The van der Waals surface area contributed by atoms with Gasteiger partial charge in [0.25, 0.3) is 15.8 Å². The molecule has 0 bridgehead atoms. The maximum atomic E-state index is 11.9. The fourth-order valence-electron chi connectivity index (χ4n) is 1.28. The lowest BCUT2D eigenvalue weighted by Gasteiger charge is -2.07. The highest BCUT2D eigenvalue weighted by Gasteiger charge is 2.31. The number of halogens is 3. The Labute approximate surface area is 105 Å². The van der Waals surface area contributed by atoms with Crippen LogP contribution in [0.5, 0.6) is 0 Å². The van der Waals surface area contributed by atoms with Gasteiger partial charge in [-0.15, -0.1) is 0 Å². The van der Waals surface area contributed by atoms with Gasteiger partial charge in [0, 0.05) is 0 Å². The number of pyridine rings is 1. The van der Waals surface area contributed by atoms with E-state index in [4.69, 9.17) is 4.52 Å². The van der Waals surface area contributed by atoms with Crippen molar-refractivity contribution in [3.05, 3.63) is 18.0 Å². The molecule has 104 valence electrons. The van der Waals surface area contributed by atoms with E-state index in [1.165, 1.54) is 0 Å². The molecule has 2 heterocycles. The molecule has 0 unspecified atom stereocenters. The highest BCUT2D eigenvalue weighted by Crippen LogP contribution is 2.23. The van der Waals surface area contributed by atoms with Crippen LogP contribution in [-0.2, 0) is 14.3 Å². The summed E-state index contributed by atoms with van der Waals surface area (Å²) in [5.41, 5.74) is 0.461. The molecule has 0 N–H and O–H groups in total. The number of fused-ring (bicyclic) bond motifs is 1. The van der Waals surface area contributed by atoms with E-state index in [9.17, 15) is 21.6 Å². The number of hydrogen-bond donors (Lipinski definition) is 0. The summed E-state index contributed by atoms with van der Waals surface area (Å²) < 4.78 is 67.6. The smallest absolute Gasteiger partial charge is 0.336 e. The Morgan fingerprint density at radius 1 is 1.42 bits per heavy atom. The summed E-state index contributed by atoms with van der Waals surface area (Å²) in [6, 6.07) is 1.10. The van der Waals surface area contributed by atoms with E-state index in [-0.39, 0.29) is 11.1 Å². The van der Waals surface area contributed by atoms with E-state index in [2.05, 4.69) is 14.3 Å². The quantitative estimate of drug-likeness (QED) is 0.803. The van der Waals surface area contributed by atoms with Gasteiger partial charge in [-0.05, 0) is 13.0 Å². The molecule has 0 aromatic carbocycles. The largest absolute Gasteiger partial charge is 0.413 e. The molecule has 0 spiro atoms. The van der Waals surface area contributed by atoms with Gasteiger partial charge in [0.2, 0.25) is 0 Å². The average molecular weight is 296 g/mol. The minimum atomic E-state index is -4.74. The minimum Gasteiger partial charge on any atom is -0.336 e. The Bertz CT molecular complexity index is 708. The van der Waals surface area contributed by atoms with Crippen molar-refractivity contribution in [1.82, 2.24) is 10.1 Å². The maximum absolute atomic E-state index is 11.9. The van der Waals surface area contributed by atoms with E-state index in [1.807, 2.05) is 0 Å². The zero-order valence-electron chi connectivity index (χ0n) is 9.43. The van der Waals surface area contributed by atoms with Gasteiger partial charge in [-0.1, -0.05) is 5.16 Å². The Kier molecular flexibility index (Phi) is 3.22. The topological polar surface area (TPSA) is 82.3 Å². The molecular weight excluding hydrogens is 289 g/mol. The van der Waals surface area contributed by atoms with Crippen LogP contribution in [0.15, 0.2) is 21.7 Å². The van der Waals surface area contributed by atoms with Gasteiger partial charge in [-0.2, -0.15) is 21.6 Å². The molecule has 0 aliphatic rings. The molecule has 10 heteroatoms. The average Bonchev–Trinajstić information content (AvgIpc) is 2.68. The molecule has 0 fully saturated rings.